The van der Waals surface area contributed by atoms with Crippen LogP contribution in [-0.4, -0.2) is 19.0 Å². The van der Waals surface area contributed by atoms with Crippen LogP contribution < -0.4 is 16.6 Å². The smallest absolute Gasteiger partial charge is 0.235 e. The molecule has 1 amide bonds. The van der Waals surface area contributed by atoms with Crippen molar-refractivity contribution in [2.45, 2.75) is 20.3 Å². The molecule has 0 aliphatic heterocycles. The molecule has 0 rings (SSSR count). The molecule has 4 N–H and O–H groups in total. The molecular weight excluding hydrogens is 142 g/mol. The topological polar surface area (TPSA) is 67.2 Å². The van der Waals surface area contributed by atoms with E-state index < -0.39 is 0 Å². The lowest BCUT2D eigenvalue weighted by molar-refractivity contribution is -0.121. The zero-order chi connectivity index (χ0) is 8.69. The van der Waals surface area contributed by atoms with Gasteiger partial charge in [-0.1, -0.05) is 13.8 Å². The second kappa shape index (κ2) is 6.12. The molecule has 0 unspecified atom stereocenters. The maximum absolute atomic E-state index is 10.6. The van der Waals surface area contributed by atoms with Crippen molar-refractivity contribution in [3.05, 3.63) is 0 Å². The summed E-state index contributed by atoms with van der Waals surface area (Å²) in [5, 5.41) is 3.13. The summed E-state index contributed by atoms with van der Waals surface area (Å²) in [5.74, 6) is 5.38. The third-order valence-electron chi connectivity index (χ3n) is 1.24. The molecule has 0 bridgehead atoms. The fourth-order valence-electron chi connectivity index (χ4n) is 0.665. The lowest BCUT2D eigenvalue weighted by Gasteiger charge is -2.05. The Morgan fingerprint density at radius 3 is 2.64 bits per heavy atom. The van der Waals surface area contributed by atoms with Crippen molar-refractivity contribution in [2.75, 3.05) is 13.1 Å². The maximum atomic E-state index is 10.6. The minimum absolute atomic E-state index is 0.124. The average molecular weight is 159 g/mol. The first-order valence-electron chi connectivity index (χ1n) is 3.87. The predicted molar refractivity (Wildman–Crippen MR) is 44.7 cm³/mol. The van der Waals surface area contributed by atoms with E-state index in [9.17, 15) is 4.79 Å². The minimum Gasteiger partial charge on any atom is -0.316 e. The normalized spacial score (nSPS) is 10.2. The molecule has 0 radical (unpaired) electrons. The molecule has 4 heteroatoms. The van der Waals surface area contributed by atoms with E-state index in [0.717, 1.165) is 6.54 Å². The summed E-state index contributed by atoms with van der Waals surface area (Å²) in [5.41, 5.74) is 2.07. The second-order valence-corrected chi connectivity index (χ2v) is 2.92. The molecular formula is C7H17N3O. The van der Waals surface area contributed by atoms with Gasteiger partial charge in [0.25, 0.3) is 0 Å². The first kappa shape index (κ1) is 10.4. The number of carbonyl (C=O) groups is 1. The zero-order valence-corrected chi connectivity index (χ0v) is 7.18. The van der Waals surface area contributed by atoms with Gasteiger partial charge >= 0.3 is 0 Å². The van der Waals surface area contributed by atoms with E-state index in [-0.39, 0.29) is 5.91 Å². The monoisotopic (exact) mass is 159 g/mol. The molecule has 0 saturated carbocycles. The Bertz CT molecular complexity index is 114. The Hall–Kier alpha value is -0.610. The molecule has 0 saturated heterocycles. The van der Waals surface area contributed by atoms with Crippen LogP contribution >= 0.6 is 0 Å². The molecule has 66 valence electrons. The van der Waals surface area contributed by atoms with E-state index in [1.54, 1.807) is 0 Å². The van der Waals surface area contributed by atoms with Crippen LogP contribution in [0.15, 0.2) is 0 Å². The number of nitrogens with one attached hydrogen (secondary N) is 2. The van der Waals surface area contributed by atoms with E-state index in [4.69, 9.17) is 5.84 Å². The molecule has 0 heterocycles. The number of hydrogen-bond acceptors (Lipinski definition) is 3. The van der Waals surface area contributed by atoms with E-state index in [0.29, 0.717) is 18.9 Å². The molecule has 0 aromatic heterocycles. The van der Waals surface area contributed by atoms with Crippen LogP contribution in [0.4, 0.5) is 0 Å². The quantitative estimate of drug-likeness (QED) is 0.221. The first-order valence-corrected chi connectivity index (χ1v) is 3.87. The number of hydrazine groups is 1. The van der Waals surface area contributed by atoms with Gasteiger partial charge in [0.2, 0.25) is 5.91 Å². The van der Waals surface area contributed by atoms with Gasteiger partial charge in [0, 0.05) is 13.0 Å². The summed E-state index contributed by atoms with van der Waals surface area (Å²) in [7, 11) is 0. The summed E-state index contributed by atoms with van der Waals surface area (Å²) in [6.07, 6.45) is 0.448. The van der Waals surface area contributed by atoms with Gasteiger partial charge in [-0.05, 0) is 12.5 Å². The highest BCUT2D eigenvalue weighted by molar-refractivity contribution is 5.75. The van der Waals surface area contributed by atoms with Crippen molar-refractivity contribution in [1.29, 1.82) is 0 Å². The van der Waals surface area contributed by atoms with Crippen molar-refractivity contribution in [3.8, 4) is 0 Å². The van der Waals surface area contributed by atoms with Crippen molar-refractivity contribution in [2.24, 2.45) is 11.8 Å². The maximum Gasteiger partial charge on any atom is 0.235 e. The van der Waals surface area contributed by atoms with Crippen LogP contribution in [0.5, 0.6) is 0 Å². The Kier molecular flexibility index (Phi) is 5.78. The Morgan fingerprint density at radius 1 is 1.55 bits per heavy atom. The fraction of sp³-hybridized carbons (Fsp3) is 0.857. The molecule has 11 heavy (non-hydrogen) atoms. The molecule has 4 nitrogen and oxygen atoms in total. The molecule has 0 aromatic rings. The highest BCUT2D eigenvalue weighted by atomic mass is 16.2. The van der Waals surface area contributed by atoms with Crippen molar-refractivity contribution < 1.29 is 4.79 Å². The van der Waals surface area contributed by atoms with Gasteiger partial charge in [-0.3, -0.25) is 10.2 Å². The van der Waals surface area contributed by atoms with Crippen LogP contribution in [0, 0.1) is 5.92 Å². The van der Waals surface area contributed by atoms with Crippen LogP contribution in [0.1, 0.15) is 20.3 Å². The Labute approximate surface area is 67.5 Å². The molecule has 0 aliphatic rings. The average Bonchev–Trinajstić information content (AvgIpc) is 1.97. The fourth-order valence-corrected chi connectivity index (χ4v) is 0.665. The molecule has 0 spiro atoms. The summed E-state index contributed by atoms with van der Waals surface area (Å²) in [6.45, 7) is 5.88. The van der Waals surface area contributed by atoms with Gasteiger partial charge in [0.15, 0.2) is 0 Å². The van der Waals surface area contributed by atoms with Gasteiger partial charge in [-0.2, -0.15) is 0 Å². The standard InChI is InChI=1S/C7H17N3O/c1-6(2)5-9-4-3-7(11)10-8/h6,9H,3-5,8H2,1-2H3,(H,10,11). The second-order valence-electron chi connectivity index (χ2n) is 2.92. The summed E-state index contributed by atoms with van der Waals surface area (Å²) >= 11 is 0. The van der Waals surface area contributed by atoms with E-state index in [1.807, 2.05) is 0 Å². The van der Waals surface area contributed by atoms with Crippen LogP contribution in [0.25, 0.3) is 0 Å². The molecule has 0 aliphatic carbocycles. The lowest BCUT2D eigenvalue weighted by atomic mass is 10.2. The van der Waals surface area contributed by atoms with Crippen molar-refractivity contribution >= 4 is 5.91 Å². The number of nitrogens with two attached hydrogens (primary N) is 1. The number of rotatable bonds is 5. The number of carbonyl (C=O) groups excluding carboxylic acids is 1. The van der Waals surface area contributed by atoms with E-state index in [1.165, 1.54) is 0 Å². The predicted octanol–water partition coefficient (Wildman–Crippen LogP) is -0.388. The SMILES string of the molecule is CC(C)CNCCC(=O)NN. The third-order valence-corrected chi connectivity index (χ3v) is 1.24. The summed E-state index contributed by atoms with van der Waals surface area (Å²) < 4.78 is 0. The van der Waals surface area contributed by atoms with E-state index >= 15 is 0 Å². The van der Waals surface area contributed by atoms with Crippen LogP contribution in [0.2, 0.25) is 0 Å². The third kappa shape index (κ3) is 7.29. The molecule has 0 aromatic carbocycles. The number of amides is 1. The van der Waals surface area contributed by atoms with Crippen molar-refractivity contribution in [1.82, 2.24) is 10.7 Å². The van der Waals surface area contributed by atoms with Crippen LogP contribution in [0.3, 0.4) is 0 Å². The van der Waals surface area contributed by atoms with Gasteiger partial charge in [0.1, 0.15) is 0 Å². The van der Waals surface area contributed by atoms with Gasteiger partial charge in [-0.25, -0.2) is 5.84 Å². The summed E-state index contributed by atoms with van der Waals surface area (Å²) in [4.78, 5) is 10.6. The van der Waals surface area contributed by atoms with Gasteiger partial charge in [-0.15, -0.1) is 0 Å². The van der Waals surface area contributed by atoms with Crippen LogP contribution in [-0.2, 0) is 4.79 Å². The zero-order valence-electron chi connectivity index (χ0n) is 7.18. The highest BCUT2D eigenvalue weighted by Gasteiger charge is 1.97. The van der Waals surface area contributed by atoms with Crippen molar-refractivity contribution in [3.63, 3.8) is 0 Å². The van der Waals surface area contributed by atoms with E-state index in [2.05, 4.69) is 24.6 Å². The summed E-state index contributed by atoms with van der Waals surface area (Å²) in [6, 6.07) is 0. The Balaban J connectivity index is 3.08. The van der Waals surface area contributed by atoms with Gasteiger partial charge < -0.3 is 5.32 Å². The first-order chi connectivity index (χ1) is 5.16. The highest BCUT2D eigenvalue weighted by Crippen LogP contribution is 1.86. The molecule has 0 fully saturated rings. The minimum atomic E-state index is -0.124. The Morgan fingerprint density at radius 2 is 2.18 bits per heavy atom. The largest absolute Gasteiger partial charge is 0.316 e. The van der Waals surface area contributed by atoms with Gasteiger partial charge in [0.05, 0.1) is 0 Å². The lowest BCUT2D eigenvalue weighted by Crippen LogP contribution is -2.33. The molecule has 0 atom stereocenters. The number of hydrogen-bond donors (Lipinski definition) is 3.